The highest BCUT2D eigenvalue weighted by Gasteiger charge is 2.12. The number of nitrogens with one attached hydrogen (secondary N) is 1. The minimum Gasteiger partial charge on any atom is -0.408 e. The standard InChI is InChI=1S/C23H21N3O3/c1-25(15-17-7-3-2-4-8-17)19-13-11-18(12-14-19)24-22(27)16-26-20-9-5-6-10-21(20)29-23(26)28/h2-14H,15-16H2,1H3,(H,24,27). The number of aromatic nitrogens is 1. The lowest BCUT2D eigenvalue weighted by molar-refractivity contribution is -0.116. The van der Waals surface area contributed by atoms with Crippen molar-refractivity contribution >= 4 is 28.4 Å². The lowest BCUT2D eigenvalue weighted by Gasteiger charge is -2.19. The first-order valence-corrected chi connectivity index (χ1v) is 9.33. The van der Waals surface area contributed by atoms with E-state index in [0.717, 1.165) is 12.2 Å². The van der Waals surface area contributed by atoms with Gasteiger partial charge in [0.15, 0.2) is 5.58 Å². The topological polar surface area (TPSA) is 67.5 Å². The predicted molar refractivity (Wildman–Crippen MR) is 114 cm³/mol. The monoisotopic (exact) mass is 387 g/mol. The van der Waals surface area contributed by atoms with Crippen LogP contribution in [0.25, 0.3) is 11.1 Å². The maximum Gasteiger partial charge on any atom is 0.420 e. The second-order valence-corrected chi connectivity index (χ2v) is 6.86. The molecule has 4 aromatic rings. The second kappa shape index (κ2) is 8.06. The molecule has 6 nitrogen and oxygen atoms in total. The number of oxazole rings is 1. The Kier molecular flexibility index (Phi) is 5.16. The molecule has 0 aliphatic rings. The van der Waals surface area contributed by atoms with Crippen LogP contribution in [0.1, 0.15) is 5.56 Å². The van der Waals surface area contributed by atoms with Crippen molar-refractivity contribution in [2.24, 2.45) is 0 Å². The minimum atomic E-state index is -0.542. The van der Waals surface area contributed by atoms with E-state index in [2.05, 4.69) is 22.3 Å². The van der Waals surface area contributed by atoms with Crippen LogP contribution in [-0.2, 0) is 17.9 Å². The molecule has 0 fully saturated rings. The molecule has 0 bridgehead atoms. The molecule has 0 aliphatic carbocycles. The van der Waals surface area contributed by atoms with E-state index in [9.17, 15) is 9.59 Å². The van der Waals surface area contributed by atoms with Crippen molar-refractivity contribution in [1.82, 2.24) is 4.57 Å². The Morgan fingerprint density at radius 3 is 2.41 bits per heavy atom. The summed E-state index contributed by atoms with van der Waals surface area (Å²) >= 11 is 0. The van der Waals surface area contributed by atoms with Gasteiger partial charge in [-0.25, -0.2) is 4.79 Å². The molecule has 1 heterocycles. The smallest absolute Gasteiger partial charge is 0.408 e. The van der Waals surface area contributed by atoms with Crippen molar-refractivity contribution in [2.75, 3.05) is 17.3 Å². The zero-order chi connectivity index (χ0) is 20.2. The van der Waals surface area contributed by atoms with Gasteiger partial charge in [0.25, 0.3) is 0 Å². The van der Waals surface area contributed by atoms with Crippen LogP contribution in [0.3, 0.4) is 0 Å². The fraction of sp³-hybridized carbons (Fsp3) is 0.130. The molecule has 1 N–H and O–H groups in total. The third-order valence-electron chi connectivity index (χ3n) is 4.73. The van der Waals surface area contributed by atoms with Gasteiger partial charge < -0.3 is 14.6 Å². The van der Waals surface area contributed by atoms with E-state index >= 15 is 0 Å². The highest BCUT2D eigenvalue weighted by molar-refractivity contribution is 5.91. The SMILES string of the molecule is CN(Cc1ccccc1)c1ccc(NC(=O)Cn2c(=O)oc3ccccc32)cc1. The summed E-state index contributed by atoms with van der Waals surface area (Å²) < 4.78 is 6.49. The van der Waals surface area contributed by atoms with Crippen LogP contribution in [0, 0.1) is 0 Å². The molecule has 0 atom stereocenters. The summed E-state index contributed by atoms with van der Waals surface area (Å²) in [5.74, 6) is -0.830. The zero-order valence-corrected chi connectivity index (χ0v) is 16.0. The van der Waals surface area contributed by atoms with Crippen LogP contribution < -0.4 is 16.0 Å². The third kappa shape index (κ3) is 4.21. The van der Waals surface area contributed by atoms with Gasteiger partial charge in [-0.05, 0) is 42.0 Å². The Balaban J connectivity index is 1.41. The number of hydrogen-bond acceptors (Lipinski definition) is 4. The molecule has 0 aliphatic heterocycles. The summed E-state index contributed by atoms with van der Waals surface area (Å²) in [7, 11) is 2.02. The quantitative estimate of drug-likeness (QED) is 0.545. The summed E-state index contributed by atoms with van der Waals surface area (Å²) in [6.45, 7) is 0.689. The molecule has 1 aromatic heterocycles. The van der Waals surface area contributed by atoms with Crippen LogP contribution in [-0.4, -0.2) is 17.5 Å². The Morgan fingerprint density at radius 2 is 1.66 bits per heavy atom. The lowest BCUT2D eigenvalue weighted by atomic mass is 10.2. The number of hydrogen-bond donors (Lipinski definition) is 1. The minimum absolute atomic E-state index is 0.106. The van der Waals surface area contributed by atoms with E-state index in [4.69, 9.17) is 4.42 Å². The van der Waals surface area contributed by atoms with Crippen molar-refractivity contribution in [3.63, 3.8) is 0 Å². The maximum atomic E-state index is 12.4. The summed E-state index contributed by atoms with van der Waals surface area (Å²) in [6.07, 6.45) is 0. The highest BCUT2D eigenvalue weighted by atomic mass is 16.4. The van der Waals surface area contributed by atoms with Gasteiger partial charge in [-0.2, -0.15) is 0 Å². The van der Waals surface area contributed by atoms with E-state index in [1.54, 1.807) is 24.3 Å². The molecular formula is C23H21N3O3. The fourth-order valence-corrected chi connectivity index (χ4v) is 3.26. The number of carbonyl (C=O) groups is 1. The van der Waals surface area contributed by atoms with E-state index in [-0.39, 0.29) is 12.5 Å². The van der Waals surface area contributed by atoms with Crippen LogP contribution in [0.15, 0.2) is 88.1 Å². The maximum absolute atomic E-state index is 12.4. The number of nitrogens with zero attached hydrogens (tertiary/aromatic N) is 2. The van der Waals surface area contributed by atoms with E-state index in [1.807, 2.05) is 49.5 Å². The number of rotatable bonds is 6. The van der Waals surface area contributed by atoms with Gasteiger partial charge in [0.1, 0.15) is 6.54 Å². The molecule has 29 heavy (non-hydrogen) atoms. The van der Waals surface area contributed by atoms with Crippen molar-refractivity contribution in [2.45, 2.75) is 13.1 Å². The Hall–Kier alpha value is -3.80. The molecule has 0 saturated heterocycles. The molecule has 0 spiro atoms. The average Bonchev–Trinajstić information content (AvgIpc) is 3.04. The summed E-state index contributed by atoms with van der Waals surface area (Å²) in [5.41, 5.74) is 4.02. The van der Waals surface area contributed by atoms with Crippen molar-refractivity contribution in [3.05, 3.63) is 95.0 Å². The molecule has 1 amide bonds. The molecule has 0 radical (unpaired) electrons. The first-order chi connectivity index (χ1) is 14.1. The van der Waals surface area contributed by atoms with Crippen molar-refractivity contribution in [3.8, 4) is 0 Å². The molecule has 4 rings (SSSR count). The lowest BCUT2D eigenvalue weighted by Crippen LogP contribution is -2.24. The number of benzene rings is 3. The summed E-state index contributed by atoms with van der Waals surface area (Å²) in [5, 5.41) is 2.83. The summed E-state index contributed by atoms with van der Waals surface area (Å²) in [4.78, 5) is 26.6. The Bertz CT molecular complexity index is 1180. The van der Waals surface area contributed by atoms with Gasteiger partial charge in [-0.15, -0.1) is 0 Å². The molecule has 0 saturated carbocycles. The van der Waals surface area contributed by atoms with E-state index in [1.165, 1.54) is 10.1 Å². The van der Waals surface area contributed by atoms with Crippen molar-refractivity contribution in [1.29, 1.82) is 0 Å². The van der Waals surface area contributed by atoms with Crippen LogP contribution >= 0.6 is 0 Å². The van der Waals surface area contributed by atoms with Gasteiger partial charge in [0.2, 0.25) is 5.91 Å². The predicted octanol–water partition coefficient (Wildman–Crippen LogP) is 3.87. The van der Waals surface area contributed by atoms with Gasteiger partial charge >= 0.3 is 5.76 Å². The highest BCUT2D eigenvalue weighted by Crippen LogP contribution is 2.19. The molecule has 146 valence electrons. The van der Waals surface area contributed by atoms with Crippen LogP contribution in [0.2, 0.25) is 0 Å². The van der Waals surface area contributed by atoms with Gasteiger partial charge in [-0.1, -0.05) is 42.5 Å². The Labute approximate surface area is 168 Å². The van der Waals surface area contributed by atoms with Gasteiger partial charge in [0.05, 0.1) is 5.52 Å². The van der Waals surface area contributed by atoms with E-state index in [0.29, 0.717) is 16.8 Å². The molecular weight excluding hydrogens is 366 g/mol. The molecule has 0 unspecified atom stereocenters. The third-order valence-corrected chi connectivity index (χ3v) is 4.73. The second-order valence-electron chi connectivity index (χ2n) is 6.86. The first-order valence-electron chi connectivity index (χ1n) is 9.33. The largest absolute Gasteiger partial charge is 0.420 e. The van der Waals surface area contributed by atoms with Gasteiger partial charge in [-0.3, -0.25) is 9.36 Å². The van der Waals surface area contributed by atoms with Crippen LogP contribution in [0.4, 0.5) is 11.4 Å². The normalized spacial score (nSPS) is 10.8. The zero-order valence-electron chi connectivity index (χ0n) is 16.0. The summed E-state index contributed by atoms with van der Waals surface area (Å²) in [6, 6.07) is 24.9. The van der Waals surface area contributed by atoms with E-state index < -0.39 is 5.76 Å². The molecule has 3 aromatic carbocycles. The number of para-hydroxylation sites is 2. The molecule has 6 heteroatoms. The van der Waals surface area contributed by atoms with Crippen LogP contribution in [0.5, 0.6) is 0 Å². The first kappa shape index (κ1) is 18.6. The number of fused-ring (bicyclic) bond motifs is 1. The number of amides is 1. The Morgan fingerprint density at radius 1 is 0.966 bits per heavy atom. The fourth-order valence-electron chi connectivity index (χ4n) is 3.26. The van der Waals surface area contributed by atoms with Gasteiger partial charge in [0, 0.05) is 25.0 Å². The average molecular weight is 387 g/mol. The van der Waals surface area contributed by atoms with Crippen molar-refractivity contribution < 1.29 is 9.21 Å². The number of anilines is 2. The number of carbonyl (C=O) groups excluding carboxylic acids is 1.